The minimum atomic E-state index is 0.242. The summed E-state index contributed by atoms with van der Waals surface area (Å²) in [6.07, 6.45) is 5.08. The summed E-state index contributed by atoms with van der Waals surface area (Å²) < 4.78 is 0. The van der Waals surface area contributed by atoms with Crippen molar-refractivity contribution in [3.8, 4) is 11.1 Å². The molecule has 3 heteroatoms. The molecule has 1 aliphatic heterocycles. The van der Waals surface area contributed by atoms with E-state index >= 15 is 0 Å². The average molecular weight is 267 g/mol. The van der Waals surface area contributed by atoms with E-state index in [0.29, 0.717) is 6.04 Å². The third-order valence-electron chi connectivity index (χ3n) is 3.99. The largest absolute Gasteiger partial charge is 0.326 e. The average Bonchev–Trinajstić information content (AvgIpc) is 2.51. The zero-order valence-electron chi connectivity index (χ0n) is 11.6. The van der Waals surface area contributed by atoms with Crippen molar-refractivity contribution in [2.75, 3.05) is 6.54 Å². The Hall–Kier alpha value is -1.71. The molecule has 3 N–H and O–H groups in total. The Morgan fingerprint density at radius 1 is 1.15 bits per heavy atom. The maximum atomic E-state index is 6.19. The molecule has 0 spiro atoms. The molecule has 104 valence electrons. The van der Waals surface area contributed by atoms with Crippen LogP contribution in [0.25, 0.3) is 11.1 Å². The van der Waals surface area contributed by atoms with E-state index in [1.165, 1.54) is 17.5 Å². The summed E-state index contributed by atoms with van der Waals surface area (Å²) in [6.45, 7) is 1.07. The monoisotopic (exact) mass is 267 g/mol. The molecule has 1 aromatic carbocycles. The van der Waals surface area contributed by atoms with Crippen LogP contribution in [0.15, 0.2) is 48.7 Å². The number of pyridine rings is 1. The topological polar surface area (TPSA) is 50.9 Å². The van der Waals surface area contributed by atoms with Crippen molar-refractivity contribution in [1.29, 1.82) is 0 Å². The number of nitrogens with one attached hydrogen (secondary N) is 1. The van der Waals surface area contributed by atoms with Gasteiger partial charge in [-0.3, -0.25) is 4.98 Å². The number of nitrogens with zero attached hydrogens (tertiary/aromatic N) is 1. The maximum absolute atomic E-state index is 6.19. The predicted molar refractivity (Wildman–Crippen MR) is 82.4 cm³/mol. The van der Waals surface area contributed by atoms with Crippen molar-refractivity contribution in [2.24, 2.45) is 5.73 Å². The van der Waals surface area contributed by atoms with Crippen molar-refractivity contribution in [1.82, 2.24) is 10.3 Å². The highest BCUT2D eigenvalue weighted by Gasteiger charge is 2.21. The molecule has 0 aliphatic carbocycles. The lowest BCUT2D eigenvalue weighted by atomic mass is 9.94. The lowest BCUT2D eigenvalue weighted by molar-refractivity contribution is 0.347. The summed E-state index contributed by atoms with van der Waals surface area (Å²) in [5.41, 5.74) is 9.75. The molecule has 2 unspecified atom stereocenters. The lowest BCUT2D eigenvalue weighted by Crippen LogP contribution is -2.50. The van der Waals surface area contributed by atoms with Gasteiger partial charge in [0.1, 0.15) is 0 Å². The zero-order chi connectivity index (χ0) is 13.8. The fourth-order valence-electron chi connectivity index (χ4n) is 2.83. The maximum Gasteiger partial charge on any atom is 0.0425 e. The van der Waals surface area contributed by atoms with Crippen molar-refractivity contribution in [2.45, 2.75) is 31.3 Å². The second-order valence-corrected chi connectivity index (χ2v) is 5.47. The van der Waals surface area contributed by atoms with Gasteiger partial charge in [-0.2, -0.15) is 0 Å². The summed E-state index contributed by atoms with van der Waals surface area (Å²) in [5.74, 6) is 0. The van der Waals surface area contributed by atoms with Gasteiger partial charge in [0.05, 0.1) is 0 Å². The molecule has 2 aromatic rings. The first kappa shape index (κ1) is 13.3. The van der Waals surface area contributed by atoms with Gasteiger partial charge in [0.15, 0.2) is 0 Å². The molecule has 1 aromatic heterocycles. The fraction of sp³-hybridized carbons (Fsp3) is 0.353. The minimum absolute atomic E-state index is 0.242. The van der Waals surface area contributed by atoms with E-state index < -0.39 is 0 Å². The number of aromatic nitrogens is 1. The summed E-state index contributed by atoms with van der Waals surface area (Å²) in [5, 5.41) is 3.51. The normalized spacial score (nSPS) is 22.6. The van der Waals surface area contributed by atoms with Crippen LogP contribution in [0.3, 0.4) is 0 Å². The van der Waals surface area contributed by atoms with Crippen LogP contribution in [-0.4, -0.2) is 23.6 Å². The first-order chi connectivity index (χ1) is 9.83. The number of hydrogen-bond donors (Lipinski definition) is 2. The molecule has 2 atom stereocenters. The Morgan fingerprint density at radius 3 is 2.80 bits per heavy atom. The van der Waals surface area contributed by atoms with Crippen LogP contribution in [0.4, 0.5) is 0 Å². The summed E-state index contributed by atoms with van der Waals surface area (Å²) in [7, 11) is 0. The van der Waals surface area contributed by atoms with Crippen molar-refractivity contribution in [3.63, 3.8) is 0 Å². The summed E-state index contributed by atoms with van der Waals surface area (Å²) in [4.78, 5) is 4.50. The van der Waals surface area contributed by atoms with Gasteiger partial charge >= 0.3 is 0 Å². The lowest BCUT2D eigenvalue weighted by Gasteiger charge is -2.29. The van der Waals surface area contributed by atoms with E-state index in [0.717, 1.165) is 25.1 Å². The Morgan fingerprint density at radius 2 is 2.00 bits per heavy atom. The molecule has 0 radical (unpaired) electrons. The van der Waals surface area contributed by atoms with E-state index in [-0.39, 0.29) is 6.04 Å². The van der Waals surface area contributed by atoms with Crippen LogP contribution in [0.2, 0.25) is 0 Å². The quantitative estimate of drug-likeness (QED) is 0.897. The predicted octanol–water partition coefficient (Wildman–Crippen LogP) is 2.37. The number of nitrogens with two attached hydrogens (primary N) is 1. The van der Waals surface area contributed by atoms with Crippen LogP contribution in [0.5, 0.6) is 0 Å². The number of rotatable bonds is 3. The van der Waals surface area contributed by atoms with E-state index in [9.17, 15) is 0 Å². The summed E-state index contributed by atoms with van der Waals surface area (Å²) in [6, 6.07) is 15.3. The van der Waals surface area contributed by atoms with E-state index in [4.69, 9.17) is 5.73 Å². The van der Waals surface area contributed by atoms with E-state index in [1.54, 1.807) is 0 Å². The van der Waals surface area contributed by atoms with Crippen LogP contribution >= 0.6 is 0 Å². The highest BCUT2D eigenvalue weighted by Crippen LogP contribution is 2.20. The van der Waals surface area contributed by atoms with Crippen molar-refractivity contribution < 1.29 is 0 Å². The number of benzene rings is 1. The fourth-order valence-corrected chi connectivity index (χ4v) is 2.83. The van der Waals surface area contributed by atoms with Gasteiger partial charge < -0.3 is 11.1 Å². The first-order valence-corrected chi connectivity index (χ1v) is 7.32. The van der Waals surface area contributed by atoms with Gasteiger partial charge in [-0.25, -0.2) is 0 Å². The SMILES string of the molecule is NC1CCCNC1Cc1cc(-c2ccccc2)ccn1. The van der Waals surface area contributed by atoms with E-state index in [2.05, 4.69) is 46.7 Å². The van der Waals surface area contributed by atoms with Crippen molar-refractivity contribution >= 4 is 0 Å². The Balaban J connectivity index is 1.78. The van der Waals surface area contributed by atoms with Gasteiger partial charge in [0.25, 0.3) is 0 Å². The smallest absolute Gasteiger partial charge is 0.0425 e. The second-order valence-electron chi connectivity index (χ2n) is 5.47. The molecule has 0 amide bonds. The minimum Gasteiger partial charge on any atom is -0.326 e. The third-order valence-corrected chi connectivity index (χ3v) is 3.99. The number of piperidine rings is 1. The van der Waals surface area contributed by atoms with Gasteiger partial charge in [-0.15, -0.1) is 0 Å². The third kappa shape index (κ3) is 3.06. The first-order valence-electron chi connectivity index (χ1n) is 7.32. The van der Waals surface area contributed by atoms with Crippen LogP contribution in [-0.2, 0) is 6.42 Å². The van der Waals surface area contributed by atoms with Crippen LogP contribution in [0, 0.1) is 0 Å². The molecule has 0 bridgehead atoms. The molecule has 1 fully saturated rings. The Labute approximate surface area is 120 Å². The standard InChI is InChI=1S/C17H21N3/c18-16-7-4-9-20-17(16)12-15-11-14(8-10-19-15)13-5-2-1-3-6-13/h1-3,5-6,8,10-11,16-17,20H,4,7,9,12,18H2. The van der Waals surface area contributed by atoms with Gasteiger partial charge in [-0.05, 0) is 42.6 Å². The summed E-state index contributed by atoms with van der Waals surface area (Å²) >= 11 is 0. The molecule has 0 saturated carbocycles. The highest BCUT2D eigenvalue weighted by molar-refractivity contribution is 5.63. The zero-order valence-corrected chi connectivity index (χ0v) is 11.6. The van der Waals surface area contributed by atoms with Gasteiger partial charge in [0.2, 0.25) is 0 Å². The molecule has 1 saturated heterocycles. The molecule has 3 nitrogen and oxygen atoms in total. The highest BCUT2D eigenvalue weighted by atomic mass is 15.0. The second kappa shape index (κ2) is 6.16. The van der Waals surface area contributed by atoms with Gasteiger partial charge in [0, 0.05) is 30.4 Å². The number of hydrogen-bond acceptors (Lipinski definition) is 3. The van der Waals surface area contributed by atoms with Gasteiger partial charge in [-0.1, -0.05) is 30.3 Å². The molecular weight excluding hydrogens is 246 g/mol. The molecule has 20 heavy (non-hydrogen) atoms. The van der Waals surface area contributed by atoms with E-state index in [1.807, 2.05) is 12.3 Å². The molecule has 3 rings (SSSR count). The molecule has 2 heterocycles. The molecular formula is C17H21N3. The van der Waals surface area contributed by atoms with Crippen LogP contribution in [0.1, 0.15) is 18.5 Å². The Kier molecular flexibility index (Phi) is 4.09. The molecule has 1 aliphatic rings. The van der Waals surface area contributed by atoms with Crippen LogP contribution < -0.4 is 11.1 Å². The Bertz CT molecular complexity index is 553. The van der Waals surface area contributed by atoms with Crippen molar-refractivity contribution in [3.05, 3.63) is 54.4 Å².